The molecule has 0 saturated carbocycles. The second-order valence-electron chi connectivity index (χ2n) is 9.16. The van der Waals surface area contributed by atoms with E-state index >= 15 is 0 Å². The zero-order chi connectivity index (χ0) is 23.4. The van der Waals surface area contributed by atoms with Crippen LogP contribution in [-0.4, -0.2) is 65.4 Å². The third kappa shape index (κ3) is 5.76. The average Bonchev–Trinajstić information content (AvgIpc) is 3.24. The van der Waals surface area contributed by atoms with Gasteiger partial charge in [-0.05, 0) is 55.0 Å². The molecule has 8 heteroatoms. The summed E-state index contributed by atoms with van der Waals surface area (Å²) in [6, 6.07) is 7.93. The van der Waals surface area contributed by atoms with Crippen LogP contribution in [0.3, 0.4) is 0 Å². The second kappa shape index (κ2) is 10.7. The molecule has 4 rings (SSSR count). The van der Waals surface area contributed by atoms with E-state index in [1.54, 1.807) is 4.90 Å². The molecule has 33 heavy (non-hydrogen) atoms. The Morgan fingerprint density at radius 1 is 1.12 bits per heavy atom. The molecule has 0 aliphatic carbocycles. The fourth-order valence-electron chi connectivity index (χ4n) is 4.68. The van der Waals surface area contributed by atoms with Gasteiger partial charge in [-0.3, -0.25) is 14.6 Å². The van der Waals surface area contributed by atoms with E-state index in [0.29, 0.717) is 25.6 Å². The molecule has 0 aromatic carbocycles. The van der Waals surface area contributed by atoms with Crippen LogP contribution in [0.25, 0.3) is 6.08 Å². The average molecular weight is 487 g/mol. The van der Waals surface area contributed by atoms with Crippen LogP contribution in [-0.2, 0) is 9.59 Å². The summed E-state index contributed by atoms with van der Waals surface area (Å²) in [5.41, 5.74) is 1.20. The van der Waals surface area contributed by atoms with Gasteiger partial charge in [0.25, 0.3) is 0 Å². The van der Waals surface area contributed by atoms with Crippen molar-refractivity contribution >= 4 is 46.5 Å². The van der Waals surface area contributed by atoms with E-state index in [1.165, 1.54) is 17.0 Å². The number of nitrogens with zero attached hydrogens (tertiary/aromatic N) is 4. The highest BCUT2D eigenvalue weighted by molar-refractivity contribution is 7.16. The van der Waals surface area contributed by atoms with E-state index in [1.807, 2.05) is 53.7 Å². The summed E-state index contributed by atoms with van der Waals surface area (Å²) in [6.07, 6.45) is 9.57. The smallest absolute Gasteiger partial charge is 0.312 e. The summed E-state index contributed by atoms with van der Waals surface area (Å²) >= 11 is 7.48. The van der Waals surface area contributed by atoms with Crippen LogP contribution in [0.4, 0.5) is 5.69 Å². The van der Waals surface area contributed by atoms with Crippen molar-refractivity contribution in [2.24, 2.45) is 11.8 Å². The van der Waals surface area contributed by atoms with E-state index in [9.17, 15) is 9.59 Å². The molecule has 0 unspecified atom stereocenters. The maximum Gasteiger partial charge on any atom is 0.312 e. The topological polar surface area (TPSA) is 56.8 Å². The first-order chi connectivity index (χ1) is 15.9. The lowest BCUT2D eigenvalue weighted by Gasteiger charge is -2.44. The highest BCUT2D eigenvalue weighted by atomic mass is 35.5. The predicted molar refractivity (Wildman–Crippen MR) is 134 cm³/mol. The first-order valence-corrected chi connectivity index (χ1v) is 12.8. The Morgan fingerprint density at radius 3 is 2.48 bits per heavy atom. The van der Waals surface area contributed by atoms with Gasteiger partial charge in [0.05, 0.1) is 10.4 Å². The van der Waals surface area contributed by atoms with Gasteiger partial charge in [-0.15, -0.1) is 11.3 Å². The van der Waals surface area contributed by atoms with Gasteiger partial charge in [-0.25, -0.2) is 0 Å². The summed E-state index contributed by atoms with van der Waals surface area (Å²) < 4.78 is 0.737. The standard InChI is InChI=1S/C25H31ClN4O2S/c1-18(2)22-17-29(13-3-4-21-5-6-23(26)33-21)24(31)25(32)30(22)16-19-9-14-28(15-10-19)20-7-11-27-12-8-20/h3-8,11-12,18-19,22H,9-10,13-17H2,1-2H3/t22-/m1/s1. The van der Waals surface area contributed by atoms with Crippen molar-refractivity contribution in [1.29, 1.82) is 0 Å². The van der Waals surface area contributed by atoms with Crippen molar-refractivity contribution in [1.82, 2.24) is 14.8 Å². The Balaban J connectivity index is 1.36. The van der Waals surface area contributed by atoms with E-state index in [4.69, 9.17) is 11.6 Å². The van der Waals surface area contributed by atoms with Gasteiger partial charge in [-0.2, -0.15) is 0 Å². The van der Waals surface area contributed by atoms with Crippen molar-refractivity contribution in [3.63, 3.8) is 0 Å². The highest BCUT2D eigenvalue weighted by Crippen LogP contribution is 2.27. The molecule has 6 nitrogen and oxygen atoms in total. The molecule has 0 radical (unpaired) electrons. The molecule has 0 bridgehead atoms. The number of hydrogen-bond donors (Lipinski definition) is 0. The molecule has 176 valence electrons. The number of thiophene rings is 1. The Kier molecular flexibility index (Phi) is 7.71. The minimum absolute atomic E-state index is 0.0398. The van der Waals surface area contributed by atoms with Crippen molar-refractivity contribution in [3.8, 4) is 0 Å². The van der Waals surface area contributed by atoms with Crippen LogP contribution in [0.2, 0.25) is 4.34 Å². The van der Waals surface area contributed by atoms with E-state index < -0.39 is 5.91 Å². The van der Waals surface area contributed by atoms with E-state index in [2.05, 4.69) is 23.7 Å². The summed E-state index contributed by atoms with van der Waals surface area (Å²) in [7, 11) is 0. The number of halogens is 1. The van der Waals surface area contributed by atoms with Crippen LogP contribution >= 0.6 is 22.9 Å². The lowest BCUT2D eigenvalue weighted by Crippen LogP contribution is -2.62. The van der Waals surface area contributed by atoms with Gasteiger partial charge >= 0.3 is 11.8 Å². The Hall–Kier alpha value is -2.38. The van der Waals surface area contributed by atoms with Crippen LogP contribution in [0.5, 0.6) is 0 Å². The van der Waals surface area contributed by atoms with Gasteiger partial charge in [0.15, 0.2) is 0 Å². The Morgan fingerprint density at radius 2 is 1.85 bits per heavy atom. The lowest BCUT2D eigenvalue weighted by molar-refractivity contribution is -0.160. The van der Waals surface area contributed by atoms with Gasteiger partial charge in [0, 0.05) is 55.7 Å². The summed E-state index contributed by atoms with van der Waals surface area (Å²) in [5, 5.41) is 0. The highest BCUT2D eigenvalue weighted by Gasteiger charge is 2.40. The van der Waals surface area contributed by atoms with Gasteiger partial charge in [0.1, 0.15) is 0 Å². The monoisotopic (exact) mass is 486 g/mol. The van der Waals surface area contributed by atoms with Crippen LogP contribution in [0, 0.1) is 11.8 Å². The Labute approximate surface area is 204 Å². The van der Waals surface area contributed by atoms with Crippen LogP contribution in [0.15, 0.2) is 42.7 Å². The zero-order valence-corrected chi connectivity index (χ0v) is 20.8. The van der Waals surface area contributed by atoms with Gasteiger partial charge in [0.2, 0.25) is 0 Å². The number of piperazine rings is 1. The molecular formula is C25H31ClN4O2S. The van der Waals surface area contributed by atoms with Crippen molar-refractivity contribution in [3.05, 3.63) is 51.9 Å². The summed E-state index contributed by atoms with van der Waals surface area (Å²) in [6.45, 7) is 7.86. The normalized spacial score (nSPS) is 20.5. The molecule has 4 heterocycles. The van der Waals surface area contributed by atoms with Crippen molar-refractivity contribution in [2.75, 3.05) is 37.6 Å². The van der Waals surface area contributed by atoms with Crippen molar-refractivity contribution < 1.29 is 9.59 Å². The number of piperidine rings is 1. The maximum atomic E-state index is 13.1. The number of carbonyl (C=O) groups excluding carboxylic acids is 2. The first-order valence-electron chi connectivity index (χ1n) is 11.6. The van der Waals surface area contributed by atoms with Crippen molar-refractivity contribution in [2.45, 2.75) is 32.7 Å². The molecule has 0 N–H and O–H groups in total. The second-order valence-corrected chi connectivity index (χ2v) is 10.9. The van der Waals surface area contributed by atoms with E-state index in [-0.39, 0.29) is 17.9 Å². The lowest BCUT2D eigenvalue weighted by atomic mass is 9.92. The fraction of sp³-hybridized carbons (Fsp3) is 0.480. The molecule has 2 aliphatic heterocycles. The first kappa shape index (κ1) is 23.8. The largest absolute Gasteiger partial charge is 0.371 e. The number of carbonyl (C=O) groups is 2. The molecule has 2 fully saturated rings. The third-order valence-corrected chi connectivity index (χ3v) is 7.80. The molecular weight excluding hydrogens is 456 g/mol. The molecule has 2 saturated heterocycles. The SMILES string of the molecule is CC(C)[C@H]1CN(CC=Cc2ccc(Cl)s2)C(=O)C(=O)N1CC1CCN(c2ccncc2)CC1. The predicted octanol–water partition coefficient (Wildman–Crippen LogP) is 4.42. The minimum atomic E-state index is -0.394. The number of amides is 2. The quantitative estimate of drug-likeness (QED) is 0.543. The summed E-state index contributed by atoms with van der Waals surface area (Å²) in [4.78, 5) is 37.1. The minimum Gasteiger partial charge on any atom is -0.371 e. The van der Waals surface area contributed by atoms with E-state index in [0.717, 1.165) is 35.1 Å². The molecule has 1 atom stereocenters. The van der Waals surface area contributed by atoms with Gasteiger partial charge in [-0.1, -0.05) is 31.5 Å². The van der Waals surface area contributed by atoms with Gasteiger partial charge < -0.3 is 14.7 Å². The van der Waals surface area contributed by atoms with Crippen LogP contribution in [0.1, 0.15) is 31.6 Å². The fourth-order valence-corrected chi connectivity index (χ4v) is 5.68. The number of aromatic nitrogens is 1. The molecule has 2 aliphatic rings. The van der Waals surface area contributed by atoms with Crippen LogP contribution < -0.4 is 4.90 Å². The number of anilines is 1. The third-order valence-electron chi connectivity index (χ3n) is 6.61. The molecule has 2 aromatic heterocycles. The zero-order valence-electron chi connectivity index (χ0n) is 19.2. The number of rotatable bonds is 7. The Bertz CT molecular complexity index is 985. The molecule has 2 aromatic rings. The molecule has 0 spiro atoms. The summed E-state index contributed by atoms with van der Waals surface area (Å²) in [5.74, 6) is -0.0586. The number of hydrogen-bond acceptors (Lipinski definition) is 5. The molecule has 2 amide bonds. The maximum absolute atomic E-state index is 13.1. The number of pyridine rings is 1.